The van der Waals surface area contributed by atoms with Crippen LogP contribution in [0.15, 0.2) is 52.1 Å². The highest BCUT2D eigenvalue weighted by atomic mass is 16.5. The standard InChI is InChI=1S/C30H34N2O2/c1-5-6-16-33-20-11-9-19(10-12-20)29-31-26-24-18(2)17-34-28(24)22-13-14-23-21(25(22)27(26)32-29)8-7-15-30(23,3)4/h9-14,17,26-27H,5-8,15-16H2,1-4H3,(H,31,32). The Balaban J connectivity index is 1.43. The second-order valence-corrected chi connectivity index (χ2v) is 10.7. The zero-order chi connectivity index (χ0) is 23.4. The molecule has 0 fully saturated rings. The minimum Gasteiger partial charge on any atom is -0.494 e. The maximum absolute atomic E-state index is 6.16. The predicted octanol–water partition coefficient (Wildman–Crippen LogP) is 7.19. The fraction of sp³-hybridized carbons (Fsp3) is 0.433. The van der Waals surface area contributed by atoms with Gasteiger partial charge in [0.2, 0.25) is 0 Å². The molecule has 2 atom stereocenters. The van der Waals surface area contributed by atoms with Gasteiger partial charge in [0.1, 0.15) is 23.4 Å². The number of benzene rings is 2. The zero-order valence-corrected chi connectivity index (χ0v) is 20.7. The molecule has 0 spiro atoms. The van der Waals surface area contributed by atoms with Crippen LogP contribution in [0, 0.1) is 6.92 Å². The van der Waals surface area contributed by atoms with Crippen molar-refractivity contribution < 1.29 is 9.15 Å². The molecule has 2 heterocycles. The van der Waals surface area contributed by atoms with Gasteiger partial charge in [0.15, 0.2) is 0 Å². The average Bonchev–Trinajstić information content (AvgIpc) is 3.43. The van der Waals surface area contributed by atoms with E-state index in [-0.39, 0.29) is 17.5 Å². The Morgan fingerprint density at radius 1 is 1.12 bits per heavy atom. The topological polar surface area (TPSA) is 46.8 Å². The van der Waals surface area contributed by atoms with Crippen LogP contribution < -0.4 is 10.1 Å². The van der Waals surface area contributed by atoms with Crippen molar-refractivity contribution in [1.82, 2.24) is 5.32 Å². The van der Waals surface area contributed by atoms with E-state index >= 15 is 0 Å². The van der Waals surface area contributed by atoms with Gasteiger partial charge in [-0.25, -0.2) is 0 Å². The number of amidine groups is 1. The number of nitrogens with zero attached hydrogens (tertiary/aromatic N) is 1. The van der Waals surface area contributed by atoms with Crippen molar-refractivity contribution in [2.75, 3.05) is 6.61 Å². The Labute approximate surface area is 202 Å². The van der Waals surface area contributed by atoms with Crippen LogP contribution in [-0.2, 0) is 11.8 Å². The molecule has 4 nitrogen and oxygen atoms in total. The van der Waals surface area contributed by atoms with Crippen LogP contribution in [0.5, 0.6) is 5.75 Å². The first-order valence-corrected chi connectivity index (χ1v) is 12.8. The van der Waals surface area contributed by atoms with E-state index < -0.39 is 0 Å². The summed E-state index contributed by atoms with van der Waals surface area (Å²) in [6.45, 7) is 9.85. The highest BCUT2D eigenvalue weighted by Gasteiger charge is 2.44. The van der Waals surface area contributed by atoms with Gasteiger partial charge in [-0.15, -0.1) is 0 Å². The lowest BCUT2D eigenvalue weighted by molar-refractivity contribution is 0.309. The Bertz CT molecular complexity index is 1270. The number of unbranched alkanes of at least 4 members (excludes halogenated alkanes) is 1. The highest BCUT2D eigenvalue weighted by Crippen LogP contribution is 2.54. The third-order valence-corrected chi connectivity index (χ3v) is 7.96. The molecular weight excluding hydrogens is 420 g/mol. The number of nitrogens with one attached hydrogen (secondary N) is 1. The Morgan fingerprint density at radius 3 is 2.74 bits per heavy atom. The number of furan rings is 1. The molecular formula is C30H34N2O2. The summed E-state index contributed by atoms with van der Waals surface area (Å²) in [4.78, 5) is 5.33. The third kappa shape index (κ3) is 3.30. The highest BCUT2D eigenvalue weighted by molar-refractivity contribution is 6.01. The first-order chi connectivity index (χ1) is 16.5. The molecule has 0 saturated heterocycles. The van der Waals surface area contributed by atoms with Gasteiger partial charge in [-0.2, -0.15) is 0 Å². The van der Waals surface area contributed by atoms with Gasteiger partial charge >= 0.3 is 0 Å². The first kappa shape index (κ1) is 21.5. The molecule has 0 amide bonds. The van der Waals surface area contributed by atoms with Crippen LogP contribution in [-0.4, -0.2) is 12.4 Å². The molecule has 2 unspecified atom stereocenters. The van der Waals surface area contributed by atoms with Crippen molar-refractivity contribution in [3.05, 3.63) is 76.0 Å². The van der Waals surface area contributed by atoms with Gasteiger partial charge in [-0.05, 0) is 84.5 Å². The van der Waals surface area contributed by atoms with E-state index in [1.54, 1.807) is 0 Å². The lowest BCUT2D eigenvalue weighted by Gasteiger charge is -2.37. The Hall–Kier alpha value is -3.01. The SMILES string of the molecule is CCCCOc1ccc(C2=NC3c4c(ccc5c4CCCC5(C)C)-c4occ(C)c4C3N2)cc1. The molecule has 6 rings (SSSR count). The summed E-state index contributed by atoms with van der Waals surface area (Å²) >= 11 is 0. The van der Waals surface area contributed by atoms with Gasteiger partial charge in [-0.1, -0.05) is 39.3 Å². The van der Waals surface area contributed by atoms with Gasteiger partial charge in [0.05, 0.1) is 18.9 Å². The molecule has 176 valence electrons. The van der Waals surface area contributed by atoms with Crippen LogP contribution in [0.2, 0.25) is 0 Å². The third-order valence-electron chi connectivity index (χ3n) is 7.96. The second-order valence-electron chi connectivity index (χ2n) is 10.7. The number of aliphatic imine (C=N–C) groups is 1. The molecule has 3 aliphatic rings. The quantitative estimate of drug-likeness (QED) is 0.415. The minimum absolute atomic E-state index is 0.0677. The molecule has 0 saturated carbocycles. The minimum atomic E-state index is 0.0677. The van der Waals surface area contributed by atoms with Crippen LogP contribution in [0.3, 0.4) is 0 Å². The van der Waals surface area contributed by atoms with Gasteiger partial charge in [-0.3, -0.25) is 4.99 Å². The molecule has 0 radical (unpaired) electrons. The summed E-state index contributed by atoms with van der Waals surface area (Å²) in [6, 6.07) is 13.2. The molecule has 2 aliphatic carbocycles. The van der Waals surface area contributed by atoms with E-state index in [1.807, 2.05) is 6.26 Å². The van der Waals surface area contributed by atoms with Crippen molar-refractivity contribution in [2.45, 2.75) is 77.3 Å². The molecule has 2 aromatic carbocycles. The molecule has 34 heavy (non-hydrogen) atoms. The van der Waals surface area contributed by atoms with E-state index in [0.29, 0.717) is 0 Å². The zero-order valence-electron chi connectivity index (χ0n) is 20.7. The van der Waals surface area contributed by atoms with Crippen molar-refractivity contribution in [3.8, 4) is 17.1 Å². The number of aryl methyl sites for hydroxylation is 1. The number of ether oxygens (including phenoxy) is 1. The van der Waals surface area contributed by atoms with Crippen molar-refractivity contribution in [1.29, 1.82) is 0 Å². The molecule has 1 aromatic heterocycles. The fourth-order valence-corrected chi connectivity index (χ4v) is 6.13. The van der Waals surface area contributed by atoms with Crippen LogP contribution in [0.1, 0.15) is 91.9 Å². The summed E-state index contributed by atoms with van der Waals surface area (Å²) in [5, 5.41) is 3.78. The number of hydrogen-bond acceptors (Lipinski definition) is 4. The Kier molecular flexibility index (Phi) is 5.09. The van der Waals surface area contributed by atoms with Crippen molar-refractivity contribution in [3.63, 3.8) is 0 Å². The average molecular weight is 455 g/mol. The van der Waals surface area contributed by atoms with Crippen LogP contribution >= 0.6 is 0 Å². The van der Waals surface area contributed by atoms with E-state index in [9.17, 15) is 0 Å². The normalized spacial score (nSPS) is 21.6. The fourth-order valence-electron chi connectivity index (χ4n) is 6.13. The van der Waals surface area contributed by atoms with Gasteiger partial charge < -0.3 is 14.5 Å². The lowest BCUT2D eigenvalue weighted by atomic mass is 9.68. The number of fused-ring (bicyclic) bond motifs is 8. The maximum atomic E-state index is 6.16. The molecule has 1 aliphatic heterocycles. The first-order valence-electron chi connectivity index (χ1n) is 12.8. The summed E-state index contributed by atoms with van der Waals surface area (Å²) in [5.74, 6) is 2.90. The monoisotopic (exact) mass is 454 g/mol. The van der Waals surface area contributed by atoms with E-state index in [0.717, 1.165) is 48.8 Å². The van der Waals surface area contributed by atoms with Crippen LogP contribution in [0.25, 0.3) is 11.3 Å². The number of hydrogen-bond donors (Lipinski definition) is 1. The van der Waals surface area contributed by atoms with E-state index in [1.165, 1.54) is 46.2 Å². The second kappa shape index (κ2) is 8.04. The predicted molar refractivity (Wildman–Crippen MR) is 137 cm³/mol. The number of rotatable bonds is 5. The summed E-state index contributed by atoms with van der Waals surface area (Å²) in [5.41, 5.74) is 9.33. The van der Waals surface area contributed by atoms with E-state index in [2.05, 4.69) is 69.4 Å². The largest absolute Gasteiger partial charge is 0.494 e. The summed E-state index contributed by atoms with van der Waals surface area (Å²) in [6.07, 6.45) is 7.70. The van der Waals surface area contributed by atoms with Gasteiger partial charge in [0.25, 0.3) is 0 Å². The molecule has 4 heteroatoms. The van der Waals surface area contributed by atoms with Gasteiger partial charge in [0, 0.05) is 16.7 Å². The van der Waals surface area contributed by atoms with Crippen molar-refractivity contribution in [2.24, 2.45) is 4.99 Å². The molecule has 1 N–H and O–H groups in total. The lowest BCUT2D eigenvalue weighted by Crippen LogP contribution is -2.30. The Morgan fingerprint density at radius 2 is 1.94 bits per heavy atom. The van der Waals surface area contributed by atoms with Crippen LogP contribution in [0.4, 0.5) is 0 Å². The summed E-state index contributed by atoms with van der Waals surface area (Å²) in [7, 11) is 0. The van der Waals surface area contributed by atoms with E-state index in [4.69, 9.17) is 14.1 Å². The summed E-state index contributed by atoms with van der Waals surface area (Å²) < 4.78 is 12.0. The van der Waals surface area contributed by atoms with Crippen molar-refractivity contribution >= 4 is 5.84 Å². The maximum Gasteiger partial charge on any atom is 0.139 e. The molecule has 3 aromatic rings. The molecule has 0 bridgehead atoms. The smallest absolute Gasteiger partial charge is 0.139 e.